The van der Waals surface area contributed by atoms with E-state index < -0.39 is 0 Å². The van der Waals surface area contributed by atoms with Crippen molar-refractivity contribution in [2.75, 3.05) is 13.1 Å². The number of nitrogens with one attached hydrogen (secondary N) is 1. The molecule has 1 aromatic carbocycles. The highest BCUT2D eigenvalue weighted by Gasteiger charge is 2.33. The van der Waals surface area contributed by atoms with E-state index in [0.717, 1.165) is 32.5 Å². The molecule has 0 radical (unpaired) electrons. The Hall–Kier alpha value is -1.35. The molecular formula is C16H22N2O. The molecule has 1 aliphatic carbocycles. The zero-order valence-electron chi connectivity index (χ0n) is 11.3. The molecule has 3 heteroatoms. The van der Waals surface area contributed by atoms with Crippen LogP contribution in [0.25, 0.3) is 0 Å². The Balaban J connectivity index is 1.61. The van der Waals surface area contributed by atoms with Crippen LogP contribution < -0.4 is 5.32 Å². The van der Waals surface area contributed by atoms with Gasteiger partial charge in [0.25, 0.3) is 0 Å². The molecule has 1 aliphatic heterocycles. The number of nitrogens with zero attached hydrogens (tertiary/aromatic N) is 1. The first-order valence-electron chi connectivity index (χ1n) is 7.37. The van der Waals surface area contributed by atoms with Crippen LogP contribution in [0, 0.1) is 5.92 Å². The molecule has 1 aromatic rings. The Morgan fingerprint density at radius 3 is 2.63 bits per heavy atom. The first-order valence-corrected chi connectivity index (χ1v) is 7.37. The van der Waals surface area contributed by atoms with Crippen molar-refractivity contribution in [2.45, 2.75) is 38.3 Å². The van der Waals surface area contributed by atoms with Gasteiger partial charge in [0.15, 0.2) is 0 Å². The molecule has 1 N–H and O–H groups in total. The molecule has 0 spiro atoms. The maximum Gasteiger partial charge on any atom is 0.223 e. The summed E-state index contributed by atoms with van der Waals surface area (Å²) in [6.45, 7) is 2.86. The number of benzene rings is 1. The maximum atomic E-state index is 12.5. The Morgan fingerprint density at radius 1 is 1.21 bits per heavy atom. The second-order valence-electron chi connectivity index (χ2n) is 5.80. The van der Waals surface area contributed by atoms with Crippen molar-refractivity contribution >= 4 is 5.91 Å². The van der Waals surface area contributed by atoms with Gasteiger partial charge in [0.05, 0.1) is 0 Å². The highest BCUT2D eigenvalue weighted by atomic mass is 16.2. The average molecular weight is 258 g/mol. The zero-order valence-corrected chi connectivity index (χ0v) is 11.3. The van der Waals surface area contributed by atoms with Crippen LogP contribution in [0.4, 0.5) is 0 Å². The van der Waals surface area contributed by atoms with Crippen LogP contribution in [0.1, 0.15) is 31.2 Å². The molecule has 1 saturated heterocycles. The van der Waals surface area contributed by atoms with Gasteiger partial charge in [0, 0.05) is 19.0 Å². The van der Waals surface area contributed by atoms with E-state index in [1.54, 1.807) is 0 Å². The second-order valence-corrected chi connectivity index (χ2v) is 5.80. The lowest BCUT2D eigenvalue weighted by atomic mass is 10.0. The molecule has 19 heavy (non-hydrogen) atoms. The van der Waals surface area contributed by atoms with Gasteiger partial charge >= 0.3 is 0 Å². The summed E-state index contributed by atoms with van der Waals surface area (Å²) in [5.74, 6) is 0.893. The van der Waals surface area contributed by atoms with Crippen molar-refractivity contribution in [1.82, 2.24) is 10.2 Å². The Kier molecular flexibility index (Phi) is 3.83. The van der Waals surface area contributed by atoms with Gasteiger partial charge in [-0.1, -0.05) is 30.3 Å². The number of rotatable bonds is 5. The summed E-state index contributed by atoms with van der Waals surface area (Å²) >= 11 is 0. The summed E-state index contributed by atoms with van der Waals surface area (Å²) in [6.07, 6.45) is 4.23. The number of carbonyl (C=O) groups is 1. The Morgan fingerprint density at radius 2 is 2.00 bits per heavy atom. The predicted molar refractivity (Wildman–Crippen MR) is 75.6 cm³/mol. The standard InChI is InChI=1S/C16H22N2O/c19-16(10-14-8-9-17-11-14)18(15-6-7-15)12-13-4-2-1-3-5-13/h1-5,14-15,17H,6-12H2. The van der Waals surface area contributed by atoms with Gasteiger partial charge in [-0.2, -0.15) is 0 Å². The van der Waals surface area contributed by atoms with Gasteiger partial charge in [-0.15, -0.1) is 0 Å². The van der Waals surface area contributed by atoms with Crippen molar-refractivity contribution in [3.05, 3.63) is 35.9 Å². The molecule has 1 heterocycles. The van der Waals surface area contributed by atoms with E-state index in [9.17, 15) is 4.79 Å². The molecule has 3 nitrogen and oxygen atoms in total. The summed E-state index contributed by atoms with van der Waals surface area (Å²) in [4.78, 5) is 14.6. The SMILES string of the molecule is O=C(CC1CCNC1)N(Cc1ccccc1)C1CC1. The summed E-state index contributed by atoms with van der Waals surface area (Å²) in [6, 6.07) is 10.8. The molecule has 1 saturated carbocycles. The van der Waals surface area contributed by atoms with Crippen molar-refractivity contribution < 1.29 is 4.79 Å². The molecule has 1 unspecified atom stereocenters. The van der Waals surface area contributed by atoms with Crippen LogP contribution in [0.2, 0.25) is 0 Å². The Labute approximate surface area is 115 Å². The largest absolute Gasteiger partial charge is 0.335 e. The molecule has 0 bridgehead atoms. The topological polar surface area (TPSA) is 32.3 Å². The highest BCUT2D eigenvalue weighted by molar-refractivity contribution is 5.77. The summed E-state index contributed by atoms with van der Waals surface area (Å²) in [5, 5.41) is 3.34. The van der Waals surface area contributed by atoms with Gasteiger partial charge in [0.2, 0.25) is 5.91 Å². The molecule has 2 fully saturated rings. The third-order valence-corrected chi connectivity index (χ3v) is 4.13. The summed E-state index contributed by atoms with van der Waals surface area (Å²) in [7, 11) is 0. The van der Waals surface area contributed by atoms with E-state index in [1.165, 1.54) is 18.4 Å². The van der Waals surface area contributed by atoms with E-state index in [4.69, 9.17) is 0 Å². The minimum absolute atomic E-state index is 0.347. The quantitative estimate of drug-likeness (QED) is 0.878. The summed E-state index contributed by atoms with van der Waals surface area (Å²) in [5.41, 5.74) is 1.24. The number of hydrogen-bond acceptors (Lipinski definition) is 2. The number of amides is 1. The smallest absolute Gasteiger partial charge is 0.223 e. The lowest BCUT2D eigenvalue weighted by Crippen LogP contribution is -2.34. The molecule has 1 atom stereocenters. The fourth-order valence-corrected chi connectivity index (χ4v) is 2.84. The van der Waals surface area contributed by atoms with Crippen molar-refractivity contribution in [2.24, 2.45) is 5.92 Å². The van der Waals surface area contributed by atoms with Crippen molar-refractivity contribution in [1.29, 1.82) is 0 Å². The zero-order chi connectivity index (χ0) is 13.1. The lowest BCUT2D eigenvalue weighted by molar-refractivity contribution is -0.133. The molecule has 2 aliphatic rings. The summed E-state index contributed by atoms with van der Waals surface area (Å²) < 4.78 is 0. The van der Waals surface area contributed by atoms with Gasteiger partial charge in [-0.3, -0.25) is 4.79 Å². The Bertz CT molecular complexity index is 422. The third kappa shape index (κ3) is 3.35. The van der Waals surface area contributed by atoms with Crippen molar-refractivity contribution in [3.63, 3.8) is 0 Å². The van der Waals surface area contributed by atoms with E-state index in [-0.39, 0.29) is 0 Å². The molecular weight excluding hydrogens is 236 g/mol. The molecule has 0 aromatic heterocycles. The minimum Gasteiger partial charge on any atom is -0.335 e. The second kappa shape index (κ2) is 5.74. The van der Waals surface area contributed by atoms with Crippen LogP contribution >= 0.6 is 0 Å². The van der Waals surface area contributed by atoms with E-state index in [2.05, 4.69) is 22.3 Å². The fourth-order valence-electron chi connectivity index (χ4n) is 2.84. The van der Waals surface area contributed by atoms with Gasteiger partial charge in [-0.05, 0) is 43.8 Å². The highest BCUT2D eigenvalue weighted by Crippen LogP contribution is 2.30. The van der Waals surface area contributed by atoms with Crippen LogP contribution in [-0.2, 0) is 11.3 Å². The van der Waals surface area contributed by atoms with Gasteiger partial charge in [0.1, 0.15) is 0 Å². The third-order valence-electron chi connectivity index (χ3n) is 4.13. The lowest BCUT2D eigenvalue weighted by Gasteiger charge is -2.24. The average Bonchev–Trinajstić information content (AvgIpc) is 3.15. The van der Waals surface area contributed by atoms with Crippen LogP contribution in [-0.4, -0.2) is 29.9 Å². The minimum atomic E-state index is 0.347. The monoisotopic (exact) mass is 258 g/mol. The fraction of sp³-hybridized carbons (Fsp3) is 0.562. The molecule has 102 valence electrons. The molecule has 3 rings (SSSR count). The van der Waals surface area contributed by atoms with Crippen molar-refractivity contribution in [3.8, 4) is 0 Å². The van der Waals surface area contributed by atoms with Crippen LogP contribution in [0.15, 0.2) is 30.3 Å². The van der Waals surface area contributed by atoms with E-state index in [0.29, 0.717) is 17.9 Å². The van der Waals surface area contributed by atoms with E-state index >= 15 is 0 Å². The van der Waals surface area contributed by atoms with Crippen LogP contribution in [0.5, 0.6) is 0 Å². The first-order chi connectivity index (χ1) is 9.33. The molecule has 1 amide bonds. The normalized spacial score (nSPS) is 22.4. The van der Waals surface area contributed by atoms with Gasteiger partial charge < -0.3 is 10.2 Å². The predicted octanol–water partition coefficient (Wildman–Crippen LogP) is 2.18. The van der Waals surface area contributed by atoms with E-state index in [1.807, 2.05) is 18.2 Å². The maximum absolute atomic E-state index is 12.5. The first kappa shape index (κ1) is 12.7. The van der Waals surface area contributed by atoms with Crippen LogP contribution in [0.3, 0.4) is 0 Å². The van der Waals surface area contributed by atoms with Gasteiger partial charge in [-0.25, -0.2) is 0 Å². The number of hydrogen-bond donors (Lipinski definition) is 1. The number of carbonyl (C=O) groups excluding carboxylic acids is 1.